The van der Waals surface area contributed by atoms with Gasteiger partial charge in [-0.3, -0.25) is 9.69 Å². The molecule has 16 heavy (non-hydrogen) atoms. The van der Waals surface area contributed by atoms with Gasteiger partial charge in [-0.2, -0.15) is 0 Å². The lowest BCUT2D eigenvalue weighted by atomic mass is 9.81. The van der Waals surface area contributed by atoms with Crippen LogP contribution in [0, 0.1) is 11.8 Å². The third kappa shape index (κ3) is 2.65. The number of hydrogen-bond donors (Lipinski definition) is 0. The van der Waals surface area contributed by atoms with E-state index in [-0.39, 0.29) is 0 Å². The van der Waals surface area contributed by atoms with Crippen LogP contribution in [0.5, 0.6) is 0 Å². The van der Waals surface area contributed by atoms with Gasteiger partial charge in [-0.1, -0.05) is 13.8 Å². The molecule has 0 spiro atoms. The summed E-state index contributed by atoms with van der Waals surface area (Å²) in [6, 6.07) is 0.755. The molecule has 1 aliphatic carbocycles. The van der Waals surface area contributed by atoms with Gasteiger partial charge in [0.2, 0.25) is 0 Å². The molecule has 0 aromatic carbocycles. The fraction of sp³-hybridized carbons (Fsp3) is 0.929. The molecule has 0 N–H and O–H groups in total. The highest BCUT2D eigenvalue weighted by Gasteiger charge is 2.31. The van der Waals surface area contributed by atoms with E-state index >= 15 is 0 Å². The number of Topliss-reactive ketones (excluding diaryl/α,β-unsaturated/α-hetero) is 1. The molecule has 0 bridgehead atoms. The Hall–Kier alpha value is -0.370. The molecule has 1 saturated carbocycles. The normalized spacial score (nSPS) is 36.9. The van der Waals surface area contributed by atoms with Gasteiger partial charge in [-0.05, 0) is 44.6 Å². The first-order chi connectivity index (χ1) is 7.70. The first-order valence-corrected chi connectivity index (χ1v) is 6.97. The van der Waals surface area contributed by atoms with Crippen molar-refractivity contribution in [3.63, 3.8) is 0 Å². The van der Waals surface area contributed by atoms with Gasteiger partial charge in [0.05, 0.1) is 0 Å². The van der Waals surface area contributed by atoms with Crippen LogP contribution in [0.1, 0.15) is 52.4 Å². The second kappa shape index (κ2) is 5.31. The highest BCUT2D eigenvalue weighted by molar-refractivity contribution is 5.81. The lowest BCUT2D eigenvalue weighted by molar-refractivity contribution is -0.126. The lowest BCUT2D eigenvalue weighted by Gasteiger charge is -2.31. The zero-order valence-corrected chi connectivity index (χ0v) is 10.7. The summed E-state index contributed by atoms with van der Waals surface area (Å²) < 4.78 is 0. The second-order valence-electron chi connectivity index (χ2n) is 5.74. The zero-order valence-electron chi connectivity index (χ0n) is 10.7. The van der Waals surface area contributed by atoms with Gasteiger partial charge in [-0.25, -0.2) is 0 Å². The predicted octanol–water partition coefficient (Wildman–Crippen LogP) is 2.87. The van der Waals surface area contributed by atoms with Crippen molar-refractivity contribution in [2.45, 2.75) is 58.4 Å². The van der Waals surface area contributed by atoms with Crippen molar-refractivity contribution in [3.05, 3.63) is 0 Å². The molecule has 3 unspecified atom stereocenters. The Morgan fingerprint density at radius 2 is 2.19 bits per heavy atom. The smallest absolute Gasteiger partial charge is 0.137 e. The van der Waals surface area contributed by atoms with E-state index in [0.717, 1.165) is 37.8 Å². The average molecular weight is 223 g/mol. The topological polar surface area (TPSA) is 20.3 Å². The van der Waals surface area contributed by atoms with E-state index in [1.165, 1.54) is 25.8 Å². The van der Waals surface area contributed by atoms with Crippen molar-refractivity contribution >= 4 is 5.78 Å². The maximum absolute atomic E-state index is 11.9. The molecule has 2 rings (SSSR count). The zero-order chi connectivity index (χ0) is 11.5. The van der Waals surface area contributed by atoms with Gasteiger partial charge >= 0.3 is 0 Å². The van der Waals surface area contributed by atoms with E-state index in [1.807, 2.05) is 0 Å². The minimum absolute atomic E-state index is 0.343. The van der Waals surface area contributed by atoms with Gasteiger partial charge in [0.15, 0.2) is 0 Å². The standard InChI is InChI=1S/C14H25NO/c1-3-13-5-4-8-15(13)10-12-9-11(2)6-7-14(12)16/h11-13H,3-10H2,1-2H3. The molecule has 1 saturated heterocycles. The quantitative estimate of drug-likeness (QED) is 0.733. The van der Waals surface area contributed by atoms with Gasteiger partial charge < -0.3 is 0 Å². The Morgan fingerprint density at radius 3 is 2.94 bits per heavy atom. The first kappa shape index (κ1) is 12.1. The summed E-state index contributed by atoms with van der Waals surface area (Å²) in [5.74, 6) is 1.63. The molecule has 92 valence electrons. The van der Waals surface area contributed by atoms with Crippen LogP contribution < -0.4 is 0 Å². The van der Waals surface area contributed by atoms with Gasteiger partial charge in [0.25, 0.3) is 0 Å². The minimum atomic E-state index is 0.343. The second-order valence-corrected chi connectivity index (χ2v) is 5.74. The largest absolute Gasteiger partial charge is 0.300 e. The van der Waals surface area contributed by atoms with Crippen LogP contribution in [0.4, 0.5) is 0 Å². The molecule has 0 amide bonds. The molecule has 3 atom stereocenters. The molecule has 2 heteroatoms. The number of nitrogens with zero attached hydrogens (tertiary/aromatic N) is 1. The molecule has 0 radical (unpaired) electrons. The van der Waals surface area contributed by atoms with Gasteiger partial charge in [0, 0.05) is 24.9 Å². The van der Waals surface area contributed by atoms with E-state index < -0.39 is 0 Å². The monoisotopic (exact) mass is 223 g/mol. The van der Waals surface area contributed by atoms with Crippen molar-refractivity contribution in [2.75, 3.05) is 13.1 Å². The van der Waals surface area contributed by atoms with Crippen molar-refractivity contribution in [2.24, 2.45) is 11.8 Å². The molecule has 2 aliphatic rings. The third-order valence-corrected chi connectivity index (χ3v) is 4.45. The summed E-state index contributed by atoms with van der Waals surface area (Å²) in [6.07, 6.45) is 6.99. The molecular formula is C14H25NO. The van der Waals surface area contributed by atoms with Crippen molar-refractivity contribution in [3.8, 4) is 0 Å². The summed E-state index contributed by atoms with van der Waals surface area (Å²) in [6.45, 7) is 6.83. The van der Waals surface area contributed by atoms with Crippen LogP contribution in [0.2, 0.25) is 0 Å². The summed E-state index contributed by atoms with van der Waals surface area (Å²) >= 11 is 0. The van der Waals surface area contributed by atoms with Crippen molar-refractivity contribution < 1.29 is 4.79 Å². The van der Waals surface area contributed by atoms with E-state index in [9.17, 15) is 4.79 Å². The molecule has 0 aromatic heterocycles. The number of carbonyl (C=O) groups excluding carboxylic acids is 1. The highest BCUT2D eigenvalue weighted by Crippen LogP contribution is 2.29. The number of hydrogen-bond acceptors (Lipinski definition) is 2. The first-order valence-electron chi connectivity index (χ1n) is 6.97. The lowest BCUT2D eigenvalue weighted by Crippen LogP contribution is -2.38. The van der Waals surface area contributed by atoms with Crippen LogP contribution in [-0.4, -0.2) is 29.8 Å². The number of ketones is 1. The van der Waals surface area contributed by atoms with Crippen LogP contribution in [0.25, 0.3) is 0 Å². The maximum atomic E-state index is 11.9. The van der Waals surface area contributed by atoms with Crippen molar-refractivity contribution in [1.29, 1.82) is 0 Å². The van der Waals surface area contributed by atoms with E-state index in [0.29, 0.717) is 11.7 Å². The summed E-state index contributed by atoms with van der Waals surface area (Å²) in [5.41, 5.74) is 0. The predicted molar refractivity (Wildman–Crippen MR) is 66.4 cm³/mol. The van der Waals surface area contributed by atoms with E-state index in [2.05, 4.69) is 18.7 Å². The Labute approximate surface area is 99.4 Å². The number of carbonyl (C=O) groups is 1. The van der Waals surface area contributed by atoms with Gasteiger partial charge in [0.1, 0.15) is 5.78 Å². The fourth-order valence-corrected chi connectivity index (χ4v) is 3.39. The molecule has 1 aliphatic heterocycles. The van der Waals surface area contributed by atoms with Crippen LogP contribution in [0.3, 0.4) is 0 Å². The van der Waals surface area contributed by atoms with E-state index in [4.69, 9.17) is 0 Å². The number of likely N-dealkylation sites (tertiary alicyclic amines) is 1. The molecular weight excluding hydrogens is 198 g/mol. The molecule has 2 nitrogen and oxygen atoms in total. The maximum Gasteiger partial charge on any atom is 0.137 e. The SMILES string of the molecule is CCC1CCCN1CC1CC(C)CCC1=O. The molecule has 0 aromatic rings. The third-order valence-electron chi connectivity index (χ3n) is 4.45. The van der Waals surface area contributed by atoms with E-state index in [1.54, 1.807) is 0 Å². The Kier molecular flexibility index (Phi) is 4.01. The van der Waals surface area contributed by atoms with Crippen LogP contribution in [0.15, 0.2) is 0 Å². The Bertz CT molecular complexity index is 251. The van der Waals surface area contributed by atoms with Crippen LogP contribution >= 0.6 is 0 Å². The number of rotatable bonds is 3. The van der Waals surface area contributed by atoms with Crippen LogP contribution in [-0.2, 0) is 4.79 Å². The Balaban J connectivity index is 1.89. The highest BCUT2D eigenvalue weighted by atomic mass is 16.1. The Morgan fingerprint density at radius 1 is 1.38 bits per heavy atom. The van der Waals surface area contributed by atoms with Gasteiger partial charge in [-0.15, -0.1) is 0 Å². The fourth-order valence-electron chi connectivity index (χ4n) is 3.39. The summed E-state index contributed by atoms with van der Waals surface area (Å²) in [7, 11) is 0. The minimum Gasteiger partial charge on any atom is -0.300 e. The molecule has 1 heterocycles. The summed E-state index contributed by atoms with van der Waals surface area (Å²) in [4.78, 5) is 14.5. The molecule has 2 fully saturated rings. The average Bonchev–Trinajstić information content (AvgIpc) is 2.71. The van der Waals surface area contributed by atoms with Crippen molar-refractivity contribution in [1.82, 2.24) is 4.90 Å². The summed E-state index contributed by atoms with van der Waals surface area (Å²) in [5, 5.41) is 0.